The van der Waals surface area contributed by atoms with Crippen LogP contribution in [0, 0.1) is 0 Å². The lowest BCUT2D eigenvalue weighted by atomic mass is 10.0. The number of aromatic nitrogens is 2. The lowest BCUT2D eigenvalue weighted by Gasteiger charge is -2.21. The fourth-order valence-electron chi connectivity index (χ4n) is 3.97. The van der Waals surface area contributed by atoms with E-state index in [2.05, 4.69) is 40.8 Å². The summed E-state index contributed by atoms with van der Waals surface area (Å²) in [7, 11) is 1.71. The number of nitrogens with zero attached hydrogens (tertiary/aromatic N) is 2. The number of hydrogen-bond acceptors (Lipinski definition) is 5. The van der Waals surface area contributed by atoms with Crippen LogP contribution in [0.25, 0.3) is 0 Å². The summed E-state index contributed by atoms with van der Waals surface area (Å²) < 4.78 is 19.7. The molecule has 0 aliphatic carbocycles. The molecule has 26 heavy (non-hydrogen) atoms. The Bertz CT molecular complexity index is 774. The molecule has 3 atom stereocenters. The van der Waals surface area contributed by atoms with Gasteiger partial charge in [0, 0.05) is 55.7 Å². The molecule has 0 unspecified atom stereocenters. The number of ether oxygens (including phenoxy) is 3. The van der Waals surface area contributed by atoms with Crippen molar-refractivity contribution in [3.05, 3.63) is 41.5 Å². The number of fused-ring (bicyclic) bond motifs is 1. The molecule has 6 heteroatoms. The molecule has 1 N–H and O–H groups in total. The van der Waals surface area contributed by atoms with Crippen LogP contribution in [-0.2, 0) is 24.2 Å². The van der Waals surface area contributed by atoms with Gasteiger partial charge >= 0.3 is 0 Å². The number of aryl methyl sites for hydroxylation is 1. The Balaban J connectivity index is 1.51. The Labute approximate surface area is 154 Å². The van der Waals surface area contributed by atoms with Gasteiger partial charge in [0.05, 0.1) is 7.11 Å². The molecule has 0 saturated carbocycles. The second kappa shape index (κ2) is 7.29. The van der Waals surface area contributed by atoms with Crippen molar-refractivity contribution >= 4 is 0 Å². The van der Waals surface area contributed by atoms with Crippen molar-refractivity contribution in [1.29, 1.82) is 0 Å². The minimum absolute atomic E-state index is 0.0107. The molecule has 0 radical (unpaired) electrons. The van der Waals surface area contributed by atoms with Crippen LogP contribution in [0.15, 0.2) is 24.5 Å². The molecule has 140 valence electrons. The minimum atomic E-state index is -0.0107. The third-order valence-electron chi connectivity index (χ3n) is 5.27. The van der Waals surface area contributed by atoms with Gasteiger partial charge in [-0.2, -0.15) is 0 Å². The molecule has 0 spiro atoms. The third kappa shape index (κ3) is 3.19. The summed E-state index contributed by atoms with van der Waals surface area (Å²) in [5, 5.41) is 3.67. The molecule has 4 rings (SSSR count). The van der Waals surface area contributed by atoms with Crippen LogP contribution >= 0.6 is 0 Å². The zero-order valence-corrected chi connectivity index (χ0v) is 15.7. The molecule has 1 aromatic carbocycles. The Hall–Kier alpha value is -2.05. The maximum Gasteiger partial charge on any atom is 0.139 e. The van der Waals surface area contributed by atoms with E-state index in [4.69, 9.17) is 14.2 Å². The summed E-state index contributed by atoms with van der Waals surface area (Å²) >= 11 is 0. The summed E-state index contributed by atoms with van der Waals surface area (Å²) in [5.74, 6) is 2.90. The van der Waals surface area contributed by atoms with Crippen molar-refractivity contribution < 1.29 is 14.2 Å². The van der Waals surface area contributed by atoms with Gasteiger partial charge in [-0.25, -0.2) is 4.98 Å². The van der Waals surface area contributed by atoms with Crippen molar-refractivity contribution in [2.45, 2.75) is 58.0 Å². The smallest absolute Gasteiger partial charge is 0.139 e. The molecule has 2 aromatic rings. The zero-order chi connectivity index (χ0) is 18.1. The van der Waals surface area contributed by atoms with Gasteiger partial charge in [0.15, 0.2) is 0 Å². The number of imidazole rings is 1. The molecular weight excluding hydrogens is 330 g/mol. The summed E-state index contributed by atoms with van der Waals surface area (Å²) in [5.41, 5.74) is 2.38. The maximum absolute atomic E-state index is 6.04. The van der Waals surface area contributed by atoms with Gasteiger partial charge in [-0.3, -0.25) is 0 Å². The largest absolute Gasteiger partial charge is 0.497 e. The Morgan fingerprint density at radius 1 is 1.38 bits per heavy atom. The Morgan fingerprint density at radius 2 is 2.27 bits per heavy atom. The van der Waals surface area contributed by atoms with Crippen molar-refractivity contribution in [2.75, 3.05) is 13.7 Å². The normalized spacial score (nSPS) is 24.5. The molecule has 3 heterocycles. The van der Waals surface area contributed by atoms with E-state index in [0.717, 1.165) is 55.4 Å². The number of rotatable bonds is 6. The first-order valence-electron chi connectivity index (χ1n) is 9.42. The van der Waals surface area contributed by atoms with Gasteiger partial charge in [-0.15, -0.1) is 0 Å². The average molecular weight is 357 g/mol. The lowest BCUT2D eigenvalue weighted by molar-refractivity contribution is 0.0885. The van der Waals surface area contributed by atoms with E-state index < -0.39 is 0 Å². The second-order valence-corrected chi connectivity index (χ2v) is 7.05. The number of hydrogen-bond donors (Lipinski definition) is 1. The Kier molecular flexibility index (Phi) is 4.87. The molecule has 1 aromatic heterocycles. The van der Waals surface area contributed by atoms with E-state index in [1.807, 2.05) is 12.4 Å². The minimum Gasteiger partial charge on any atom is -0.497 e. The van der Waals surface area contributed by atoms with Crippen molar-refractivity contribution in [1.82, 2.24) is 14.9 Å². The first-order chi connectivity index (χ1) is 12.7. The first-order valence-corrected chi connectivity index (χ1v) is 9.42. The van der Waals surface area contributed by atoms with Gasteiger partial charge in [-0.1, -0.05) is 0 Å². The molecule has 2 aliphatic rings. The molecule has 2 aliphatic heterocycles. The molecule has 0 bridgehead atoms. The van der Waals surface area contributed by atoms with E-state index >= 15 is 0 Å². The molecule has 1 saturated heterocycles. The highest BCUT2D eigenvalue weighted by Gasteiger charge is 2.33. The fourth-order valence-corrected chi connectivity index (χ4v) is 3.97. The summed E-state index contributed by atoms with van der Waals surface area (Å²) in [4.78, 5) is 4.52. The van der Waals surface area contributed by atoms with Gasteiger partial charge in [0.1, 0.15) is 29.5 Å². The average Bonchev–Trinajstić information content (AvgIpc) is 3.36. The van der Waals surface area contributed by atoms with Crippen LogP contribution in [0.2, 0.25) is 0 Å². The summed E-state index contributed by atoms with van der Waals surface area (Å²) in [6.07, 6.45) is 5.98. The van der Waals surface area contributed by atoms with E-state index in [0.29, 0.717) is 0 Å². The number of methoxy groups -OCH3 is 1. The molecular formula is C20H27N3O3. The lowest BCUT2D eigenvalue weighted by Crippen LogP contribution is -2.32. The van der Waals surface area contributed by atoms with Crippen molar-refractivity contribution in [3.63, 3.8) is 0 Å². The third-order valence-corrected chi connectivity index (χ3v) is 5.27. The van der Waals surface area contributed by atoms with E-state index in [1.165, 1.54) is 5.56 Å². The highest BCUT2D eigenvalue weighted by molar-refractivity contribution is 5.49. The SMILES string of the molecule is CCn1ccnc1[C@H]1OCC[C@@H]1NCc1cc(OC)cc2c1O[C@@H](C)C2. The van der Waals surface area contributed by atoms with Crippen LogP contribution in [0.1, 0.15) is 43.3 Å². The predicted octanol–water partition coefficient (Wildman–Crippen LogP) is 2.85. The molecule has 6 nitrogen and oxygen atoms in total. The van der Waals surface area contributed by atoms with Gasteiger partial charge in [0.2, 0.25) is 0 Å². The molecule has 1 fully saturated rings. The zero-order valence-electron chi connectivity index (χ0n) is 15.7. The maximum atomic E-state index is 6.04. The monoisotopic (exact) mass is 357 g/mol. The van der Waals surface area contributed by atoms with E-state index in [1.54, 1.807) is 7.11 Å². The number of benzene rings is 1. The topological polar surface area (TPSA) is 57.5 Å². The number of nitrogens with one attached hydrogen (secondary N) is 1. The Morgan fingerprint density at radius 3 is 3.08 bits per heavy atom. The van der Waals surface area contributed by atoms with Gasteiger partial charge in [-0.05, 0) is 32.4 Å². The standard InChI is InChI=1S/C20H27N3O3/c1-4-23-7-6-21-20(23)19-17(5-8-25-19)22-12-15-11-16(24-3)10-14-9-13(2)26-18(14)15/h6-7,10-11,13,17,19,22H,4-5,8-9,12H2,1-3H3/t13-,17-,19-/m0/s1. The second-order valence-electron chi connectivity index (χ2n) is 7.05. The van der Waals surface area contributed by atoms with Gasteiger partial charge < -0.3 is 24.1 Å². The summed E-state index contributed by atoms with van der Waals surface area (Å²) in [6.45, 7) is 6.61. The van der Waals surface area contributed by atoms with E-state index in [9.17, 15) is 0 Å². The highest BCUT2D eigenvalue weighted by atomic mass is 16.5. The first kappa shape index (κ1) is 17.4. The van der Waals surface area contributed by atoms with Crippen LogP contribution < -0.4 is 14.8 Å². The van der Waals surface area contributed by atoms with Crippen LogP contribution in [-0.4, -0.2) is 35.4 Å². The fraction of sp³-hybridized carbons (Fsp3) is 0.550. The van der Waals surface area contributed by atoms with Gasteiger partial charge in [0.25, 0.3) is 0 Å². The van der Waals surface area contributed by atoms with Crippen molar-refractivity contribution in [3.8, 4) is 11.5 Å². The molecule has 0 amide bonds. The van der Waals surface area contributed by atoms with E-state index in [-0.39, 0.29) is 18.2 Å². The highest BCUT2D eigenvalue weighted by Crippen LogP contribution is 2.37. The van der Waals surface area contributed by atoms with Crippen LogP contribution in [0.3, 0.4) is 0 Å². The van der Waals surface area contributed by atoms with Crippen LogP contribution in [0.5, 0.6) is 11.5 Å². The summed E-state index contributed by atoms with van der Waals surface area (Å²) in [6, 6.07) is 4.40. The predicted molar refractivity (Wildman–Crippen MR) is 98.6 cm³/mol. The van der Waals surface area contributed by atoms with Crippen molar-refractivity contribution in [2.24, 2.45) is 0 Å². The quantitative estimate of drug-likeness (QED) is 0.861. The van der Waals surface area contributed by atoms with Crippen LogP contribution in [0.4, 0.5) is 0 Å².